The molecule has 1 aliphatic rings. The van der Waals surface area contributed by atoms with E-state index < -0.39 is 0 Å². The SMILES string of the molecule is O=CC1CCC[C@@H](c2ccc(Cl)nc2)C1. The van der Waals surface area contributed by atoms with Crippen molar-refractivity contribution in [1.82, 2.24) is 4.98 Å². The summed E-state index contributed by atoms with van der Waals surface area (Å²) in [5.74, 6) is 0.721. The molecular weight excluding hydrogens is 210 g/mol. The van der Waals surface area contributed by atoms with E-state index >= 15 is 0 Å². The number of aldehydes is 1. The molecule has 1 saturated carbocycles. The molecule has 1 aliphatic carbocycles. The fraction of sp³-hybridized carbons (Fsp3) is 0.500. The minimum absolute atomic E-state index is 0.236. The van der Waals surface area contributed by atoms with Gasteiger partial charge in [0.15, 0.2) is 0 Å². The predicted molar refractivity (Wildman–Crippen MR) is 60.0 cm³/mol. The molecule has 1 fully saturated rings. The Morgan fingerprint density at radius 3 is 2.93 bits per heavy atom. The van der Waals surface area contributed by atoms with Gasteiger partial charge in [0, 0.05) is 12.1 Å². The van der Waals surface area contributed by atoms with Gasteiger partial charge in [-0.2, -0.15) is 0 Å². The normalized spacial score (nSPS) is 26.2. The van der Waals surface area contributed by atoms with E-state index in [0.29, 0.717) is 11.1 Å². The molecule has 0 N–H and O–H groups in total. The maximum absolute atomic E-state index is 10.8. The highest BCUT2D eigenvalue weighted by Gasteiger charge is 2.22. The maximum atomic E-state index is 10.8. The summed E-state index contributed by atoms with van der Waals surface area (Å²) >= 11 is 5.74. The summed E-state index contributed by atoms with van der Waals surface area (Å²) in [6.45, 7) is 0. The molecule has 15 heavy (non-hydrogen) atoms. The lowest BCUT2D eigenvalue weighted by molar-refractivity contribution is -0.112. The highest BCUT2D eigenvalue weighted by molar-refractivity contribution is 6.29. The molecule has 0 amide bonds. The summed E-state index contributed by atoms with van der Waals surface area (Å²) in [6.07, 6.45) is 7.23. The second kappa shape index (κ2) is 4.75. The van der Waals surface area contributed by atoms with Crippen molar-refractivity contribution in [3.05, 3.63) is 29.0 Å². The second-order valence-electron chi connectivity index (χ2n) is 4.17. The molecule has 0 saturated heterocycles. The standard InChI is InChI=1S/C12H14ClNO/c13-12-5-4-11(7-14-12)10-3-1-2-9(6-10)8-15/h4-5,7-10H,1-3,6H2/t9?,10-/m1/s1. The monoisotopic (exact) mass is 223 g/mol. The maximum Gasteiger partial charge on any atom is 0.129 e. The molecule has 2 atom stereocenters. The first kappa shape index (κ1) is 10.6. The summed E-state index contributed by atoms with van der Waals surface area (Å²) < 4.78 is 0. The van der Waals surface area contributed by atoms with E-state index in [1.807, 2.05) is 18.3 Å². The second-order valence-corrected chi connectivity index (χ2v) is 4.56. The van der Waals surface area contributed by atoms with Gasteiger partial charge < -0.3 is 4.79 Å². The van der Waals surface area contributed by atoms with Gasteiger partial charge in [0.2, 0.25) is 0 Å². The Balaban J connectivity index is 2.09. The van der Waals surface area contributed by atoms with Crippen LogP contribution in [0.5, 0.6) is 0 Å². The van der Waals surface area contributed by atoms with Crippen LogP contribution < -0.4 is 0 Å². The topological polar surface area (TPSA) is 30.0 Å². The fourth-order valence-electron chi connectivity index (χ4n) is 2.28. The molecule has 0 bridgehead atoms. The smallest absolute Gasteiger partial charge is 0.129 e. The Labute approximate surface area is 94.7 Å². The lowest BCUT2D eigenvalue weighted by Gasteiger charge is -2.25. The number of halogens is 1. The molecular formula is C12H14ClNO. The number of carbonyl (C=O) groups is 1. The Hall–Kier alpha value is -0.890. The van der Waals surface area contributed by atoms with Crippen molar-refractivity contribution in [3.63, 3.8) is 0 Å². The van der Waals surface area contributed by atoms with Crippen LogP contribution in [-0.2, 0) is 4.79 Å². The van der Waals surface area contributed by atoms with E-state index in [2.05, 4.69) is 4.98 Å². The van der Waals surface area contributed by atoms with Crippen molar-refractivity contribution in [3.8, 4) is 0 Å². The van der Waals surface area contributed by atoms with Gasteiger partial charge in [-0.15, -0.1) is 0 Å². The van der Waals surface area contributed by atoms with Gasteiger partial charge >= 0.3 is 0 Å². The molecule has 0 spiro atoms. The van der Waals surface area contributed by atoms with Crippen LogP contribution in [0.15, 0.2) is 18.3 Å². The third-order valence-corrected chi connectivity index (χ3v) is 3.35. The molecule has 0 aliphatic heterocycles. The summed E-state index contributed by atoms with van der Waals surface area (Å²) in [7, 11) is 0. The molecule has 1 unspecified atom stereocenters. The minimum Gasteiger partial charge on any atom is -0.303 e. The van der Waals surface area contributed by atoms with Crippen molar-refractivity contribution >= 4 is 17.9 Å². The zero-order valence-corrected chi connectivity index (χ0v) is 9.28. The van der Waals surface area contributed by atoms with Gasteiger partial charge in [-0.3, -0.25) is 0 Å². The van der Waals surface area contributed by atoms with E-state index in [1.54, 1.807) is 0 Å². The Morgan fingerprint density at radius 1 is 1.40 bits per heavy atom. The van der Waals surface area contributed by atoms with Crippen LogP contribution in [0.3, 0.4) is 0 Å². The lowest BCUT2D eigenvalue weighted by Crippen LogP contribution is -2.15. The van der Waals surface area contributed by atoms with Gasteiger partial charge in [-0.25, -0.2) is 4.98 Å². The molecule has 2 nitrogen and oxygen atoms in total. The van der Waals surface area contributed by atoms with Crippen molar-refractivity contribution in [2.75, 3.05) is 0 Å². The molecule has 0 aromatic carbocycles. The van der Waals surface area contributed by atoms with Gasteiger partial charge in [-0.05, 0) is 36.8 Å². The third-order valence-electron chi connectivity index (χ3n) is 3.13. The Bertz CT molecular complexity index is 336. The highest BCUT2D eigenvalue weighted by atomic mass is 35.5. The Morgan fingerprint density at radius 2 is 2.27 bits per heavy atom. The number of rotatable bonds is 2. The van der Waals surface area contributed by atoms with Crippen LogP contribution in [0, 0.1) is 5.92 Å². The average molecular weight is 224 g/mol. The van der Waals surface area contributed by atoms with Gasteiger partial charge in [-0.1, -0.05) is 24.1 Å². The first-order valence-corrected chi connectivity index (χ1v) is 5.74. The van der Waals surface area contributed by atoms with Crippen molar-refractivity contribution in [1.29, 1.82) is 0 Å². The fourth-order valence-corrected chi connectivity index (χ4v) is 2.39. The summed E-state index contributed by atoms with van der Waals surface area (Å²) in [5, 5.41) is 0.529. The molecule has 1 aromatic rings. The number of pyridine rings is 1. The first-order chi connectivity index (χ1) is 7.29. The van der Waals surface area contributed by atoms with Crippen LogP contribution in [0.25, 0.3) is 0 Å². The minimum atomic E-state index is 0.236. The number of hydrogen-bond donors (Lipinski definition) is 0. The first-order valence-electron chi connectivity index (χ1n) is 5.36. The number of nitrogens with zero attached hydrogens (tertiary/aromatic N) is 1. The zero-order valence-electron chi connectivity index (χ0n) is 8.53. The summed E-state index contributed by atoms with van der Waals surface area (Å²) in [4.78, 5) is 14.8. The van der Waals surface area contributed by atoms with Crippen LogP contribution in [0.1, 0.15) is 37.2 Å². The Kier molecular flexibility index (Phi) is 3.37. The molecule has 1 aromatic heterocycles. The van der Waals surface area contributed by atoms with Crippen molar-refractivity contribution in [2.45, 2.75) is 31.6 Å². The van der Waals surface area contributed by atoms with Crippen LogP contribution in [-0.4, -0.2) is 11.3 Å². The van der Waals surface area contributed by atoms with E-state index in [0.717, 1.165) is 32.0 Å². The zero-order chi connectivity index (χ0) is 10.7. The van der Waals surface area contributed by atoms with Crippen LogP contribution in [0.4, 0.5) is 0 Å². The number of aromatic nitrogens is 1. The van der Waals surface area contributed by atoms with Crippen LogP contribution >= 0.6 is 11.6 Å². The van der Waals surface area contributed by atoms with E-state index in [1.165, 1.54) is 5.56 Å². The van der Waals surface area contributed by atoms with Crippen LogP contribution in [0.2, 0.25) is 5.15 Å². The quantitative estimate of drug-likeness (QED) is 0.569. The molecule has 2 rings (SSSR count). The summed E-state index contributed by atoms with van der Waals surface area (Å²) in [6, 6.07) is 3.84. The van der Waals surface area contributed by atoms with E-state index in [-0.39, 0.29) is 5.92 Å². The van der Waals surface area contributed by atoms with Gasteiger partial charge in [0.1, 0.15) is 11.4 Å². The number of hydrogen-bond acceptors (Lipinski definition) is 2. The van der Waals surface area contributed by atoms with E-state index in [4.69, 9.17) is 11.6 Å². The molecule has 3 heteroatoms. The molecule has 1 heterocycles. The van der Waals surface area contributed by atoms with Crippen molar-refractivity contribution < 1.29 is 4.79 Å². The van der Waals surface area contributed by atoms with E-state index in [9.17, 15) is 4.79 Å². The van der Waals surface area contributed by atoms with Gasteiger partial charge in [0.25, 0.3) is 0 Å². The number of carbonyl (C=O) groups excluding carboxylic acids is 1. The lowest BCUT2D eigenvalue weighted by atomic mass is 9.79. The summed E-state index contributed by atoms with van der Waals surface area (Å²) in [5.41, 5.74) is 1.21. The average Bonchev–Trinajstić information content (AvgIpc) is 2.30. The highest BCUT2D eigenvalue weighted by Crippen LogP contribution is 2.35. The third kappa shape index (κ3) is 2.57. The largest absolute Gasteiger partial charge is 0.303 e. The molecule has 80 valence electrons. The van der Waals surface area contributed by atoms with Crippen molar-refractivity contribution in [2.24, 2.45) is 5.92 Å². The molecule has 0 radical (unpaired) electrons. The van der Waals surface area contributed by atoms with Gasteiger partial charge in [0.05, 0.1) is 0 Å². The predicted octanol–water partition coefficient (Wildman–Crippen LogP) is 3.21.